The summed E-state index contributed by atoms with van der Waals surface area (Å²) in [5, 5.41) is 0.0672. The average molecular weight is 278 g/mol. The first-order valence-electron chi connectivity index (χ1n) is 6.50. The predicted octanol–water partition coefficient (Wildman–Crippen LogP) is 4.79. The Labute approximate surface area is 107 Å². The zero-order valence-corrected chi connectivity index (χ0v) is 14.0. The summed E-state index contributed by atoms with van der Waals surface area (Å²) in [6.45, 7) is 12.3. The van der Waals surface area contributed by atoms with Gasteiger partial charge < -0.3 is 8.74 Å². The molecule has 3 nitrogen and oxygen atoms in total. The smallest absolute Gasteiger partial charge is 0.318 e. The lowest BCUT2D eigenvalue weighted by Gasteiger charge is -2.38. The van der Waals surface area contributed by atoms with Gasteiger partial charge in [0.05, 0.1) is 6.10 Å². The maximum absolute atomic E-state index is 12.4. The third-order valence-electron chi connectivity index (χ3n) is 3.84. The summed E-state index contributed by atoms with van der Waals surface area (Å²) in [6.07, 6.45) is 4.57. The lowest BCUT2D eigenvalue weighted by atomic mass is 10.2. The molecule has 0 bridgehead atoms. The van der Waals surface area contributed by atoms with E-state index in [1.807, 2.05) is 0 Å². The fourth-order valence-electron chi connectivity index (χ4n) is 1.84. The van der Waals surface area contributed by atoms with E-state index in [0.717, 1.165) is 12.8 Å². The fraction of sp³-hybridized carbons (Fsp3) is 1.00. The van der Waals surface area contributed by atoms with E-state index in [4.69, 9.17) is 8.74 Å². The van der Waals surface area contributed by atoms with Gasteiger partial charge in [0.1, 0.15) is 0 Å². The van der Waals surface area contributed by atoms with Gasteiger partial charge in [-0.1, -0.05) is 33.6 Å². The summed E-state index contributed by atoms with van der Waals surface area (Å²) in [5.74, 6) is 0. The van der Waals surface area contributed by atoms with Crippen molar-refractivity contribution in [3.05, 3.63) is 0 Å². The first kappa shape index (κ1) is 15.4. The average Bonchev–Trinajstić information content (AvgIpc) is 2.50. The summed E-state index contributed by atoms with van der Waals surface area (Å²) in [5.41, 5.74) is 0. The van der Waals surface area contributed by atoms with Crippen LogP contribution in [-0.4, -0.2) is 21.1 Å². The molecule has 0 saturated heterocycles. The molecule has 0 heterocycles. The van der Waals surface area contributed by atoms with Crippen LogP contribution in [0.1, 0.15) is 46.5 Å². The van der Waals surface area contributed by atoms with Gasteiger partial charge in [-0.3, -0.25) is 4.57 Å². The minimum absolute atomic E-state index is 0.0672. The molecule has 1 saturated carbocycles. The highest BCUT2D eigenvalue weighted by molar-refractivity contribution is 7.54. The molecule has 0 radical (unpaired) electrons. The lowest BCUT2D eigenvalue weighted by Crippen LogP contribution is -2.40. The van der Waals surface area contributed by atoms with Crippen LogP contribution in [0.3, 0.4) is 0 Å². The van der Waals surface area contributed by atoms with Gasteiger partial charge in [0.15, 0.2) is 0 Å². The SMILES string of the molecule is CC(C)(C)[Si](C)(C)OP(C)(=O)OC1CCCC1. The van der Waals surface area contributed by atoms with Crippen LogP contribution in [0.15, 0.2) is 0 Å². The Kier molecular flexibility index (Phi) is 4.68. The fourth-order valence-corrected chi connectivity index (χ4v) is 7.17. The minimum atomic E-state index is -2.90. The van der Waals surface area contributed by atoms with E-state index >= 15 is 0 Å². The van der Waals surface area contributed by atoms with E-state index in [1.54, 1.807) is 6.66 Å². The Hall–Kier alpha value is 0.367. The van der Waals surface area contributed by atoms with Gasteiger partial charge in [0.25, 0.3) is 0 Å². The highest BCUT2D eigenvalue weighted by atomic mass is 31.2. The van der Waals surface area contributed by atoms with Gasteiger partial charge in [-0.25, -0.2) is 0 Å². The van der Waals surface area contributed by atoms with Gasteiger partial charge in [-0.2, -0.15) is 0 Å². The molecule has 0 amide bonds. The zero-order chi connectivity index (χ0) is 13.3. The molecule has 0 aliphatic heterocycles. The van der Waals surface area contributed by atoms with E-state index in [2.05, 4.69) is 33.9 Å². The van der Waals surface area contributed by atoms with Crippen molar-refractivity contribution < 1.29 is 13.3 Å². The summed E-state index contributed by atoms with van der Waals surface area (Å²) in [6, 6.07) is 0. The highest BCUT2D eigenvalue weighted by Crippen LogP contribution is 2.54. The number of hydrogen-bond donors (Lipinski definition) is 0. The van der Waals surface area contributed by atoms with Gasteiger partial charge >= 0.3 is 7.60 Å². The molecule has 0 aromatic carbocycles. The maximum Gasteiger partial charge on any atom is 0.318 e. The van der Waals surface area contributed by atoms with Crippen LogP contribution >= 0.6 is 7.60 Å². The Morgan fingerprint density at radius 1 is 1.18 bits per heavy atom. The highest BCUT2D eigenvalue weighted by Gasteiger charge is 2.42. The quantitative estimate of drug-likeness (QED) is 0.548. The molecule has 0 N–H and O–H groups in total. The molecule has 1 fully saturated rings. The standard InChI is InChI=1S/C12H27O3PSi/c1-12(2,3)17(5,6)15-16(4,13)14-11-9-7-8-10-11/h11H,7-10H2,1-6H3. The van der Waals surface area contributed by atoms with Crippen molar-refractivity contribution in [2.75, 3.05) is 6.66 Å². The molecule has 0 aromatic rings. The molecule has 17 heavy (non-hydrogen) atoms. The van der Waals surface area contributed by atoms with Crippen molar-refractivity contribution in [3.63, 3.8) is 0 Å². The van der Waals surface area contributed by atoms with E-state index in [0.29, 0.717) is 0 Å². The van der Waals surface area contributed by atoms with E-state index in [-0.39, 0.29) is 11.1 Å². The Bertz CT molecular complexity index is 303. The molecule has 1 rings (SSSR count). The largest absolute Gasteiger partial charge is 0.350 e. The molecule has 1 aliphatic carbocycles. The third kappa shape index (κ3) is 4.51. The van der Waals surface area contributed by atoms with Crippen LogP contribution in [-0.2, 0) is 13.3 Å². The van der Waals surface area contributed by atoms with E-state index < -0.39 is 15.9 Å². The van der Waals surface area contributed by atoms with Crippen molar-refractivity contribution in [1.82, 2.24) is 0 Å². The molecule has 1 atom stereocenters. The van der Waals surface area contributed by atoms with Crippen LogP contribution < -0.4 is 0 Å². The van der Waals surface area contributed by atoms with Crippen molar-refractivity contribution in [2.24, 2.45) is 0 Å². The van der Waals surface area contributed by atoms with Crippen molar-refractivity contribution in [3.8, 4) is 0 Å². The molecule has 102 valence electrons. The molecular formula is C12H27O3PSi. The Morgan fingerprint density at radius 3 is 2.06 bits per heavy atom. The summed E-state index contributed by atoms with van der Waals surface area (Å²) in [7, 11) is -4.90. The predicted molar refractivity (Wildman–Crippen MR) is 75.2 cm³/mol. The third-order valence-corrected chi connectivity index (χ3v) is 11.3. The van der Waals surface area contributed by atoms with Crippen LogP contribution in [0.4, 0.5) is 0 Å². The van der Waals surface area contributed by atoms with Crippen molar-refractivity contribution >= 4 is 15.9 Å². The zero-order valence-electron chi connectivity index (χ0n) is 12.1. The number of hydrogen-bond acceptors (Lipinski definition) is 3. The normalized spacial score (nSPS) is 22.7. The van der Waals surface area contributed by atoms with Gasteiger partial charge in [-0.05, 0) is 31.0 Å². The molecule has 0 spiro atoms. The van der Waals surface area contributed by atoms with Crippen molar-refractivity contribution in [2.45, 2.75) is 70.7 Å². The van der Waals surface area contributed by atoms with Gasteiger partial charge in [-0.15, -0.1) is 0 Å². The molecular weight excluding hydrogens is 251 g/mol. The maximum atomic E-state index is 12.4. The first-order valence-corrected chi connectivity index (χ1v) is 11.4. The van der Waals surface area contributed by atoms with Crippen molar-refractivity contribution in [1.29, 1.82) is 0 Å². The second-order valence-corrected chi connectivity index (χ2v) is 13.6. The summed E-state index contributed by atoms with van der Waals surface area (Å²) < 4.78 is 24.0. The van der Waals surface area contributed by atoms with Crippen LogP contribution in [0.25, 0.3) is 0 Å². The second-order valence-electron chi connectivity index (χ2n) is 6.63. The Balaban J connectivity index is 2.62. The van der Waals surface area contributed by atoms with Gasteiger partial charge in [0, 0.05) is 6.66 Å². The second kappa shape index (κ2) is 5.16. The summed E-state index contributed by atoms with van der Waals surface area (Å²) in [4.78, 5) is 0. The molecule has 1 unspecified atom stereocenters. The van der Waals surface area contributed by atoms with E-state index in [1.165, 1.54) is 12.8 Å². The van der Waals surface area contributed by atoms with Crippen LogP contribution in [0.2, 0.25) is 18.1 Å². The number of rotatable bonds is 4. The first-order chi connectivity index (χ1) is 7.54. The molecule has 0 aromatic heterocycles. The van der Waals surface area contributed by atoms with Crippen LogP contribution in [0.5, 0.6) is 0 Å². The Morgan fingerprint density at radius 2 is 1.65 bits per heavy atom. The summed E-state index contributed by atoms with van der Waals surface area (Å²) >= 11 is 0. The molecule has 1 aliphatic rings. The monoisotopic (exact) mass is 278 g/mol. The lowest BCUT2D eigenvalue weighted by molar-refractivity contribution is 0.183. The minimum Gasteiger partial charge on any atom is -0.350 e. The van der Waals surface area contributed by atoms with Crippen LogP contribution in [0, 0.1) is 0 Å². The van der Waals surface area contributed by atoms with E-state index in [9.17, 15) is 4.57 Å². The van der Waals surface area contributed by atoms with Gasteiger partial charge in [0.2, 0.25) is 8.32 Å². The topological polar surface area (TPSA) is 35.5 Å². The molecule has 5 heteroatoms.